The molecular weight excluding hydrogens is 256 g/mol. The smallest absolute Gasteiger partial charge is 0.0897 e. The Bertz CT molecular complexity index is 204. The molecule has 20 heavy (non-hydrogen) atoms. The van der Waals surface area contributed by atoms with Crippen LogP contribution in [-0.2, 0) is 9.47 Å². The predicted octanol–water partition coefficient (Wildman–Crippen LogP) is 1.11. The molecule has 0 radical (unpaired) electrons. The molecule has 0 heterocycles. The summed E-state index contributed by atoms with van der Waals surface area (Å²) in [7, 11) is 2.15. The lowest BCUT2D eigenvalue weighted by Crippen LogP contribution is -2.32. The minimum absolute atomic E-state index is 0.371. The second-order valence-electron chi connectivity index (χ2n) is 5.41. The molecule has 0 aliphatic rings. The molecule has 1 atom stereocenters. The van der Waals surface area contributed by atoms with Crippen molar-refractivity contribution in [1.29, 1.82) is 0 Å². The fourth-order valence-corrected chi connectivity index (χ4v) is 1.68. The third-order valence-corrected chi connectivity index (χ3v) is 3.26. The molecule has 5 heteroatoms. The van der Waals surface area contributed by atoms with Gasteiger partial charge in [-0.15, -0.1) is 0 Å². The Kier molecular flexibility index (Phi) is 13.6. The summed E-state index contributed by atoms with van der Waals surface area (Å²) in [4.78, 5) is 2.35. The third kappa shape index (κ3) is 12.8. The Morgan fingerprint density at radius 3 is 2.50 bits per heavy atom. The van der Waals surface area contributed by atoms with Crippen LogP contribution in [0.1, 0.15) is 33.6 Å². The molecule has 0 aromatic carbocycles. The van der Waals surface area contributed by atoms with Gasteiger partial charge in [0.1, 0.15) is 0 Å². The Hall–Kier alpha value is -0.200. The molecule has 5 nitrogen and oxygen atoms in total. The molecule has 0 spiro atoms. The quantitative estimate of drug-likeness (QED) is 0.469. The highest BCUT2D eigenvalue weighted by Gasteiger charge is 2.04. The van der Waals surface area contributed by atoms with Crippen LogP contribution in [0, 0.1) is 0 Å². The summed E-state index contributed by atoms with van der Waals surface area (Å²) in [5, 5.41) is 12.9. The number of unbranched alkanes of at least 4 members (excludes halogenated alkanes) is 1. The van der Waals surface area contributed by atoms with E-state index in [-0.39, 0.29) is 0 Å². The van der Waals surface area contributed by atoms with E-state index in [0.717, 1.165) is 19.5 Å². The molecule has 0 rings (SSSR count). The molecule has 0 bridgehead atoms. The first kappa shape index (κ1) is 19.8. The van der Waals surface area contributed by atoms with Crippen LogP contribution in [0.2, 0.25) is 0 Å². The van der Waals surface area contributed by atoms with Gasteiger partial charge < -0.3 is 24.8 Å². The molecule has 0 aromatic heterocycles. The van der Waals surface area contributed by atoms with Gasteiger partial charge in [-0.2, -0.15) is 0 Å². The number of aliphatic hydroxyl groups excluding tert-OH is 1. The van der Waals surface area contributed by atoms with Crippen molar-refractivity contribution in [2.24, 2.45) is 0 Å². The lowest BCUT2D eigenvalue weighted by Gasteiger charge is -2.20. The minimum atomic E-state index is -0.435. The molecule has 122 valence electrons. The third-order valence-electron chi connectivity index (χ3n) is 3.26. The topological polar surface area (TPSA) is 54.0 Å². The first-order valence-electron chi connectivity index (χ1n) is 7.82. The lowest BCUT2D eigenvalue weighted by atomic mass is 10.2. The summed E-state index contributed by atoms with van der Waals surface area (Å²) in [5.41, 5.74) is 0. The lowest BCUT2D eigenvalue weighted by molar-refractivity contribution is 0.00654. The van der Waals surface area contributed by atoms with E-state index in [1.807, 2.05) is 6.92 Å². The maximum atomic E-state index is 9.69. The van der Waals surface area contributed by atoms with Crippen LogP contribution in [0.25, 0.3) is 0 Å². The fraction of sp³-hybridized carbons (Fsp3) is 1.00. The van der Waals surface area contributed by atoms with Gasteiger partial charge in [0.15, 0.2) is 0 Å². The average Bonchev–Trinajstić information content (AvgIpc) is 2.42. The van der Waals surface area contributed by atoms with Crippen LogP contribution in [0.5, 0.6) is 0 Å². The first-order valence-corrected chi connectivity index (χ1v) is 7.82. The Balaban J connectivity index is 3.25. The van der Waals surface area contributed by atoms with Crippen LogP contribution >= 0.6 is 0 Å². The number of hydrogen-bond donors (Lipinski definition) is 2. The van der Waals surface area contributed by atoms with Gasteiger partial charge in [0.25, 0.3) is 0 Å². The molecule has 0 aromatic rings. The van der Waals surface area contributed by atoms with Gasteiger partial charge in [0.2, 0.25) is 0 Å². The number of ether oxygens (including phenoxy) is 2. The van der Waals surface area contributed by atoms with E-state index in [1.54, 1.807) is 0 Å². The van der Waals surface area contributed by atoms with Crippen molar-refractivity contribution < 1.29 is 14.6 Å². The number of rotatable bonds is 14. The van der Waals surface area contributed by atoms with Crippen molar-refractivity contribution in [2.75, 3.05) is 53.1 Å². The zero-order valence-corrected chi connectivity index (χ0v) is 13.7. The van der Waals surface area contributed by atoms with Gasteiger partial charge in [-0.1, -0.05) is 0 Å². The Morgan fingerprint density at radius 2 is 1.85 bits per heavy atom. The van der Waals surface area contributed by atoms with Crippen LogP contribution < -0.4 is 5.32 Å². The normalized spacial score (nSPS) is 13.3. The summed E-state index contributed by atoms with van der Waals surface area (Å²) >= 11 is 0. The van der Waals surface area contributed by atoms with Gasteiger partial charge >= 0.3 is 0 Å². The van der Waals surface area contributed by atoms with Gasteiger partial charge in [0, 0.05) is 19.2 Å². The Labute approximate surface area is 124 Å². The van der Waals surface area contributed by atoms with E-state index < -0.39 is 6.10 Å². The van der Waals surface area contributed by atoms with E-state index in [2.05, 4.69) is 31.1 Å². The summed E-state index contributed by atoms with van der Waals surface area (Å²) in [6, 6.07) is 0.610. The van der Waals surface area contributed by atoms with Crippen molar-refractivity contribution >= 4 is 0 Å². The maximum Gasteiger partial charge on any atom is 0.0897 e. The van der Waals surface area contributed by atoms with E-state index in [1.165, 1.54) is 6.42 Å². The molecule has 0 fully saturated rings. The number of hydrogen-bond acceptors (Lipinski definition) is 5. The van der Waals surface area contributed by atoms with Crippen molar-refractivity contribution in [3.05, 3.63) is 0 Å². The van der Waals surface area contributed by atoms with Crippen molar-refractivity contribution in [3.8, 4) is 0 Å². The highest BCUT2D eigenvalue weighted by Crippen LogP contribution is 1.97. The number of nitrogens with one attached hydrogen (secondary N) is 1. The van der Waals surface area contributed by atoms with Crippen molar-refractivity contribution in [1.82, 2.24) is 10.2 Å². The van der Waals surface area contributed by atoms with Crippen LogP contribution in [-0.4, -0.2) is 75.3 Å². The number of aliphatic hydroxyl groups is 1. The minimum Gasteiger partial charge on any atom is -0.389 e. The van der Waals surface area contributed by atoms with Gasteiger partial charge in [-0.3, -0.25) is 0 Å². The fourth-order valence-electron chi connectivity index (χ4n) is 1.68. The van der Waals surface area contributed by atoms with Gasteiger partial charge in [0.05, 0.1) is 25.9 Å². The van der Waals surface area contributed by atoms with Gasteiger partial charge in [-0.25, -0.2) is 0 Å². The van der Waals surface area contributed by atoms with Crippen LogP contribution in [0.4, 0.5) is 0 Å². The zero-order chi connectivity index (χ0) is 15.2. The monoisotopic (exact) mass is 290 g/mol. The highest BCUT2D eigenvalue weighted by molar-refractivity contribution is 4.60. The van der Waals surface area contributed by atoms with Gasteiger partial charge in [-0.05, 0) is 53.8 Å². The summed E-state index contributed by atoms with van der Waals surface area (Å²) in [6.45, 7) is 11.3. The standard InChI is InChI=1S/C15H34N2O3/c1-5-19-10-11-20-13-15(18)12-16-8-6-7-9-17(4)14(2)3/h14-16,18H,5-13H2,1-4H3. The first-order chi connectivity index (χ1) is 9.57. The summed E-state index contributed by atoms with van der Waals surface area (Å²) in [6.07, 6.45) is 1.88. The second kappa shape index (κ2) is 13.8. The zero-order valence-electron chi connectivity index (χ0n) is 13.7. The maximum absolute atomic E-state index is 9.69. The average molecular weight is 290 g/mol. The Morgan fingerprint density at radius 1 is 1.15 bits per heavy atom. The molecule has 0 amide bonds. The van der Waals surface area contributed by atoms with Crippen molar-refractivity contribution in [2.45, 2.75) is 45.8 Å². The predicted molar refractivity (Wildman–Crippen MR) is 83.2 cm³/mol. The van der Waals surface area contributed by atoms with Crippen LogP contribution in [0.15, 0.2) is 0 Å². The highest BCUT2D eigenvalue weighted by atomic mass is 16.5. The van der Waals surface area contributed by atoms with Crippen molar-refractivity contribution in [3.63, 3.8) is 0 Å². The van der Waals surface area contributed by atoms with E-state index in [9.17, 15) is 5.11 Å². The number of nitrogens with zero attached hydrogens (tertiary/aromatic N) is 1. The molecule has 2 N–H and O–H groups in total. The molecule has 0 saturated carbocycles. The molecular formula is C15H34N2O3. The summed E-state index contributed by atoms with van der Waals surface area (Å²) < 4.78 is 10.5. The summed E-state index contributed by atoms with van der Waals surface area (Å²) in [5.74, 6) is 0. The largest absolute Gasteiger partial charge is 0.389 e. The van der Waals surface area contributed by atoms with Crippen LogP contribution in [0.3, 0.4) is 0 Å². The van der Waals surface area contributed by atoms with E-state index in [4.69, 9.17) is 9.47 Å². The SMILES string of the molecule is CCOCCOCC(O)CNCCCCN(C)C(C)C. The molecule has 0 aliphatic carbocycles. The van der Waals surface area contributed by atoms with E-state index in [0.29, 0.717) is 39.0 Å². The molecule has 0 saturated heterocycles. The molecule has 1 unspecified atom stereocenters. The van der Waals surface area contributed by atoms with E-state index >= 15 is 0 Å². The second-order valence-corrected chi connectivity index (χ2v) is 5.41. The molecule has 0 aliphatic heterocycles.